The second-order valence-corrected chi connectivity index (χ2v) is 5.67. The van der Waals surface area contributed by atoms with Gasteiger partial charge in [-0.3, -0.25) is 0 Å². The zero-order valence-corrected chi connectivity index (χ0v) is 12.1. The molecule has 1 rings (SSSR count). The minimum Gasteiger partial charge on any atom is -0.364 e. The molecule has 0 amide bonds. The molecule has 0 radical (unpaired) electrons. The summed E-state index contributed by atoms with van der Waals surface area (Å²) in [6.07, 6.45) is 8.22. The van der Waals surface area contributed by atoms with E-state index < -0.39 is 0 Å². The van der Waals surface area contributed by atoms with Crippen molar-refractivity contribution in [2.24, 2.45) is 0 Å². The van der Waals surface area contributed by atoms with Crippen LogP contribution >= 0.6 is 0 Å². The first-order valence-corrected chi connectivity index (χ1v) is 7.15. The molecule has 1 saturated heterocycles. The van der Waals surface area contributed by atoms with Crippen LogP contribution in [0.15, 0.2) is 12.2 Å². The molecule has 18 heavy (non-hydrogen) atoms. The molecule has 0 bridgehead atoms. The predicted molar refractivity (Wildman–Crippen MR) is 74.0 cm³/mol. The van der Waals surface area contributed by atoms with Crippen molar-refractivity contribution in [1.29, 1.82) is 0 Å². The maximum Gasteiger partial charge on any atom is 0.352 e. The van der Waals surface area contributed by atoms with Crippen LogP contribution < -0.4 is 0 Å². The van der Waals surface area contributed by atoms with E-state index in [0.717, 1.165) is 25.8 Å². The third-order valence-corrected chi connectivity index (χ3v) is 3.79. The maximum absolute atomic E-state index is 11.7. The largest absolute Gasteiger partial charge is 0.364 e. The summed E-state index contributed by atoms with van der Waals surface area (Å²) in [6, 6.07) is 0. The Morgan fingerprint density at radius 3 is 2.72 bits per heavy atom. The number of hydrogen-bond acceptors (Lipinski definition) is 3. The fourth-order valence-electron chi connectivity index (χ4n) is 2.50. The molecule has 1 fully saturated rings. The second kappa shape index (κ2) is 6.93. The lowest BCUT2D eigenvalue weighted by Crippen LogP contribution is -2.50. The van der Waals surface area contributed by atoms with Crippen LogP contribution in [-0.2, 0) is 9.63 Å². The molecule has 1 unspecified atom stereocenters. The smallest absolute Gasteiger partial charge is 0.352 e. The highest BCUT2D eigenvalue weighted by Crippen LogP contribution is 2.33. The molecular formula is C15H27NO2. The van der Waals surface area contributed by atoms with E-state index in [9.17, 15) is 4.79 Å². The highest BCUT2D eigenvalue weighted by atomic mass is 16.7. The van der Waals surface area contributed by atoms with Gasteiger partial charge >= 0.3 is 5.97 Å². The normalized spacial score (nSPS) is 24.8. The number of nitrogens with zero attached hydrogens (tertiary/aromatic N) is 1. The lowest BCUT2D eigenvalue weighted by atomic mass is 9.85. The van der Waals surface area contributed by atoms with Gasteiger partial charge in [0, 0.05) is 12.1 Å². The first kappa shape index (κ1) is 15.2. The van der Waals surface area contributed by atoms with Crippen molar-refractivity contribution >= 4 is 5.97 Å². The minimum absolute atomic E-state index is 0.0124. The first-order valence-electron chi connectivity index (χ1n) is 7.15. The fourth-order valence-corrected chi connectivity index (χ4v) is 2.50. The van der Waals surface area contributed by atoms with Crippen LogP contribution in [0.5, 0.6) is 0 Å². The molecule has 104 valence electrons. The molecule has 0 aliphatic carbocycles. The molecule has 0 spiro atoms. The third-order valence-electron chi connectivity index (χ3n) is 3.79. The van der Waals surface area contributed by atoms with Gasteiger partial charge in [0.15, 0.2) is 0 Å². The number of unbranched alkanes of at least 4 members (excludes halogenated alkanes) is 2. The lowest BCUT2D eigenvalue weighted by Gasteiger charge is -2.43. The third kappa shape index (κ3) is 4.13. The molecular weight excluding hydrogens is 226 g/mol. The average Bonchev–Trinajstić information content (AvgIpc) is 2.32. The average molecular weight is 253 g/mol. The van der Waals surface area contributed by atoms with Gasteiger partial charge in [0.1, 0.15) is 0 Å². The number of hydrogen-bond donors (Lipinski definition) is 0. The van der Waals surface area contributed by atoms with Crippen molar-refractivity contribution < 1.29 is 9.63 Å². The van der Waals surface area contributed by atoms with Crippen LogP contribution in [0.3, 0.4) is 0 Å². The molecule has 1 aliphatic heterocycles. The number of rotatable bonds is 6. The summed E-state index contributed by atoms with van der Waals surface area (Å²) in [5, 5.41) is 1.91. The highest BCUT2D eigenvalue weighted by molar-refractivity contribution is 5.86. The summed E-state index contributed by atoms with van der Waals surface area (Å²) in [5.41, 5.74) is 0.481. The molecule has 3 nitrogen and oxygen atoms in total. The van der Waals surface area contributed by atoms with E-state index in [-0.39, 0.29) is 11.5 Å². The Morgan fingerprint density at radius 2 is 2.11 bits per heavy atom. The molecule has 0 aromatic heterocycles. The standard InChI is InChI=1S/C15H27NO2/c1-5-6-7-10-15(4)11-8-9-12-16(15)18-14(17)13(2)3/h2,5-12H2,1,3-4H3. The van der Waals surface area contributed by atoms with Crippen molar-refractivity contribution in [3.8, 4) is 0 Å². The van der Waals surface area contributed by atoms with Gasteiger partial charge in [-0.2, -0.15) is 0 Å². The number of hydroxylamine groups is 2. The Labute approximate surface area is 111 Å². The topological polar surface area (TPSA) is 29.5 Å². The molecule has 1 heterocycles. The zero-order valence-electron chi connectivity index (χ0n) is 12.1. The highest BCUT2D eigenvalue weighted by Gasteiger charge is 2.36. The van der Waals surface area contributed by atoms with Crippen LogP contribution in [0, 0.1) is 0 Å². The zero-order chi connectivity index (χ0) is 13.6. The summed E-state index contributed by atoms with van der Waals surface area (Å²) in [6.45, 7) is 10.6. The molecule has 0 aromatic rings. The Balaban J connectivity index is 2.60. The van der Waals surface area contributed by atoms with E-state index in [1.807, 2.05) is 5.06 Å². The van der Waals surface area contributed by atoms with Crippen molar-refractivity contribution in [2.75, 3.05) is 6.54 Å². The van der Waals surface area contributed by atoms with Gasteiger partial charge < -0.3 is 4.84 Å². The van der Waals surface area contributed by atoms with Crippen molar-refractivity contribution in [1.82, 2.24) is 5.06 Å². The molecule has 3 heteroatoms. The number of carbonyl (C=O) groups is 1. The van der Waals surface area contributed by atoms with Crippen molar-refractivity contribution in [2.45, 2.75) is 71.3 Å². The van der Waals surface area contributed by atoms with E-state index >= 15 is 0 Å². The van der Waals surface area contributed by atoms with Crippen molar-refractivity contribution in [3.63, 3.8) is 0 Å². The first-order chi connectivity index (χ1) is 8.49. The summed E-state index contributed by atoms with van der Waals surface area (Å²) < 4.78 is 0. The Kier molecular flexibility index (Phi) is 5.86. The summed E-state index contributed by atoms with van der Waals surface area (Å²) in [5.74, 6) is -0.293. The molecule has 1 atom stereocenters. The SMILES string of the molecule is C=C(C)C(=O)ON1CCCCC1(C)CCCCC. The van der Waals surface area contributed by atoms with Crippen LogP contribution in [-0.4, -0.2) is 23.1 Å². The van der Waals surface area contributed by atoms with Gasteiger partial charge in [-0.05, 0) is 33.1 Å². The van der Waals surface area contributed by atoms with Crippen LogP contribution in [0.4, 0.5) is 0 Å². The Hall–Kier alpha value is -0.830. The van der Waals surface area contributed by atoms with E-state index in [2.05, 4.69) is 20.4 Å². The van der Waals surface area contributed by atoms with E-state index in [4.69, 9.17) is 4.84 Å². The van der Waals surface area contributed by atoms with Gasteiger partial charge in [0.25, 0.3) is 0 Å². The Bertz CT molecular complexity index is 301. The van der Waals surface area contributed by atoms with Gasteiger partial charge in [0.05, 0.1) is 5.54 Å². The van der Waals surface area contributed by atoms with E-state index in [1.165, 1.54) is 25.7 Å². The van der Waals surface area contributed by atoms with Crippen LogP contribution in [0.2, 0.25) is 0 Å². The summed E-state index contributed by atoms with van der Waals surface area (Å²) in [7, 11) is 0. The molecule has 1 aliphatic rings. The van der Waals surface area contributed by atoms with E-state index in [1.54, 1.807) is 6.92 Å². The van der Waals surface area contributed by atoms with E-state index in [0.29, 0.717) is 5.57 Å². The van der Waals surface area contributed by atoms with Gasteiger partial charge in [-0.15, -0.1) is 5.06 Å². The van der Waals surface area contributed by atoms with Gasteiger partial charge in [-0.1, -0.05) is 39.2 Å². The van der Waals surface area contributed by atoms with Crippen LogP contribution in [0.25, 0.3) is 0 Å². The number of carbonyl (C=O) groups excluding carboxylic acids is 1. The lowest BCUT2D eigenvalue weighted by molar-refractivity contribution is -0.226. The summed E-state index contributed by atoms with van der Waals surface area (Å²) in [4.78, 5) is 17.2. The predicted octanol–water partition coefficient (Wildman–Crippen LogP) is 3.85. The monoisotopic (exact) mass is 253 g/mol. The second-order valence-electron chi connectivity index (χ2n) is 5.67. The molecule has 0 aromatic carbocycles. The van der Waals surface area contributed by atoms with Crippen LogP contribution in [0.1, 0.15) is 65.7 Å². The minimum atomic E-state index is -0.293. The van der Waals surface area contributed by atoms with Gasteiger partial charge in [-0.25, -0.2) is 4.79 Å². The molecule has 0 N–H and O–H groups in total. The van der Waals surface area contributed by atoms with Gasteiger partial charge in [0.2, 0.25) is 0 Å². The maximum atomic E-state index is 11.7. The Morgan fingerprint density at radius 1 is 1.39 bits per heavy atom. The molecule has 0 saturated carbocycles. The number of piperidine rings is 1. The van der Waals surface area contributed by atoms with Crippen molar-refractivity contribution in [3.05, 3.63) is 12.2 Å². The quantitative estimate of drug-likeness (QED) is 0.532. The summed E-state index contributed by atoms with van der Waals surface area (Å²) >= 11 is 0. The fraction of sp³-hybridized carbons (Fsp3) is 0.800.